The molecule has 3 atom stereocenters. The molecule has 3 aromatic rings. The van der Waals surface area contributed by atoms with Crippen LogP contribution in [-0.2, 0) is 29.3 Å². The van der Waals surface area contributed by atoms with Gasteiger partial charge in [0, 0.05) is 5.25 Å². The first kappa shape index (κ1) is 23.5. The number of benzene rings is 3. The van der Waals surface area contributed by atoms with Crippen LogP contribution < -0.4 is 0 Å². The highest BCUT2D eigenvalue weighted by Crippen LogP contribution is 2.35. The minimum atomic E-state index is -0.468. The number of thioether (sulfide) groups is 1. The molecule has 5 heteroatoms. The molecule has 0 bridgehead atoms. The summed E-state index contributed by atoms with van der Waals surface area (Å²) in [4.78, 5) is 0. The Morgan fingerprint density at radius 2 is 1.26 bits per heavy atom. The number of aliphatic hydroxyl groups is 2. The van der Waals surface area contributed by atoms with Gasteiger partial charge in [-0.25, -0.2) is 0 Å². The highest BCUT2D eigenvalue weighted by molar-refractivity contribution is 8.00. The molecule has 0 radical (unpaired) electrons. The maximum absolute atomic E-state index is 10.1. The largest absolute Gasteiger partial charge is 0.392 e. The van der Waals surface area contributed by atoms with E-state index in [1.165, 1.54) is 5.56 Å². The third-order valence-corrected chi connectivity index (χ3v) is 6.19. The minimum absolute atomic E-state index is 0.120. The van der Waals surface area contributed by atoms with E-state index in [4.69, 9.17) is 14.6 Å². The van der Waals surface area contributed by atoms with Crippen LogP contribution in [0.2, 0.25) is 0 Å². The number of hydrogen-bond donors (Lipinski definition) is 2. The van der Waals surface area contributed by atoms with E-state index in [1.807, 2.05) is 78.9 Å². The van der Waals surface area contributed by atoms with Crippen LogP contribution in [0.5, 0.6) is 0 Å². The van der Waals surface area contributed by atoms with Crippen molar-refractivity contribution in [2.75, 3.05) is 6.61 Å². The highest BCUT2D eigenvalue weighted by Gasteiger charge is 2.34. The fraction of sp³-hybridized carbons (Fsp3) is 0.308. The van der Waals surface area contributed by atoms with Crippen LogP contribution >= 0.6 is 11.8 Å². The van der Waals surface area contributed by atoms with Gasteiger partial charge in [0.25, 0.3) is 0 Å². The van der Waals surface area contributed by atoms with Crippen molar-refractivity contribution < 1.29 is 19.7 Å². The summed E-state index contributed by atoms with van der Waals surface area (Å²) >= 11 is 1.55. The van der Waals surface area contributed by atoms with Crippen molar-refractivity contribution >= 4 is 11.8 Å². The van der Waals surface area contributed by atoms with Crippen LogP contribution in [0, 0.1) is 0 Å². The predicted molar refractivity (Wildman–Crippen MR) is 125 cm³/mol. The van der Waals surface area contributed by atoms with Crippen LogP contribution in [-0.4, -0.2) is 33.6 Å². The highest BCUT2D eigenvalue weighted by atomic mass is 32.2. The first-order valence-corrected chi connectivity index (χ1v) is 11.4. The summed E-state index contributed by atoms with van der Waals surface area (Å²) in [6, 6.07) is 29.7. The van der Waals surface area contributed by atoms with Crippen molar-refractivity contribution in [3.8, 4) is 0 Å². The molecule has 164 valence electrons. The molecule has 31 heavy (non-hydrogen) atoms. The van der Waals surface area contributed by atoms with Gasteiger partial charge in [-0.2, -0.15) is 0 Å². The number of aliphatic hydroxyl groups excluding tert-OH is 2. The molecule has 0 saturated carbocycles. The van der Waals surface area contributed by atoms with Crippen molar-refractivity contribution in [3.05, 3.63) is 108 Å². The summed E-state index contributed by atoms with van der Waals surface area (Å²) in [7, 11) is 0. The van der Waals surface area contributed by atoms with Gasteiger partial charge >= 0.3 is 0 Å². The average Bonchev–Trinajstić information content (AvgIpc) is 3.19. The van der Waals surface area contributed by atoms with Crippen LogP contribution in [0.15, 0.2) is 91.0 Å². The van der Waals surface area contributed by atoms with Gasteiger partial charge in [-0.3, -0.25) is 0 Å². The maximum Gasteiger partial charge on any atom is 0.126 e. The van der Waals surface area contributed by atoms with Crippen LogP contribution in [0.4, 0.5) is 0 Å². The van der Waals surface area contributed by atoms with Crippen molar-refractivity contribution in [1.82, 2.24) is 0 Å². The SMILES string of the molecule is OC1S[C@H](COCc2ccccc2)C[C@@H]1OCc1ccccc1.OCc1ccccc1. The van der Waals surface area contributed by atoms with Gasteiger partial charge in [-0.1, -0.05) is 91.0 Å². The lowest BCUT2D eigenvalue weighted by Gasteiger charge is -2.14. The standard InChI is InChI=1S/C19H22O3S.C7H8O/c20-19-18(22-13-16-9-5-2-6-10-16)11-17(23-19)14-21-12-15-7-3-1-4-8-15;8-6-7-4-2-1-3-5-7/h1-10,17-20H,11-14H2;1-5,8H,6H2/t17-,18-,19?;/m0./s1. The zero-order valence-corrected chi connectivity index (χ0v) is 18.4. The molecule has 1 heterocycles. The lowest BCUT2D eigenvalue weighted by molar-refractivity contribution is -0.0108. The Kier molecular flexibility index (Phi) is 10.1. The van der Waals surface area contributed by atoms with E-state index in [1.54, 1.807) is 11.8 Å². The van der Waals surface area contributed by atoms with Gasteiger partial charge in [-0.15, -0.1) is 11.8 Å². The molecular weight excluding hydrogens is 408 g/mol. The van der Waals surface area contributed by atoms with Crippen LogP contribution in [0.1, 0.15) is 23.1 Å². The smallest absolute Gasteiger partial charge is 0.126 e. The third kappa shape index (κ3) is 8.48. The molecule has 0 aliphatic carbocycles. The number of hydrogen-bond acceptors (Lipinski definition) is 5. The van der Waals surface area contributed by atoms with Gasteiger partial charge < -0.3 is 19.7 Å². The van der Waals surface area contributed by atoms with Gasteiger partial charge in [0.15, 0.2) is 0 Å². The van der Waals surface area contributed by atoms with E-state index in [-0.39, 0.29) is 18.0 Å². The van der Waals surface area contributed by atoms with Crippen molar-refractivity contribution in [2.24, 2.45) is 0 Å². The molecule has 1 aliphatic heterocycles. The Morgan fingerprint density at radius 3 is 1.77 bits per heavy atom. The fourth-order valence-corrected chi connectivity index (χ4v) is 4.45. The van der Waals surface area contributed by atoms with E-state index in [2.05, 4.69) is 12.1 Å². The van der Waals surface area contributed by atoms with E-state index >= 15 is 0 Å². The fourth-order valence-electron chi connectivity index (χ4n) is 3.22. The molecule has 0 spiro atoms. The van der Waals surface area contributed by atoms with Gasteiger partial charge in [0.1, 0.15) is 5.44 Å². The Bertz CT molecular complexity index is 845. The Labute approximate surface area is 188 Å². The lowest BCUT2D eigenvalue weighted by Crippen LogP contribution is -2.21. The zero-order valence-electron chi connectivity index (χ0n) is 17.5. The second-order valence-corrected chi connectivity index (χ2v) is 8.79. The van der Waals surface area contributed by atoms with Crippen LogP contribution in [0.3, 0.4) is 0 Å². The Balaban J connectivity index is 0.000000287. The van der Waals surface area contributed by atoms with Gasteiger partial charge in [0.05, 0.1) is 32.5 Å². The molecular formula is C26H30O4S. The molecule has 4 nitrogen and oxygen atoms in total. The van der Waals surface area contributed by atoms with Gasteiger partial charge in [0.2, 0.25) is 0 Å². The van der Waals surface area contributed by atoms with Crippen molar-refractivity contribution in [1.29, 1.82) is 0 Å². The Morgan fingerprint density at radius 1 is 0.742 bits per heavy atom. The summed E-state index contributed by atoms with van der Waals surface area (Å²) in [5.41, 5.74) is 2.80. The molecule has 0 amide bonds. The average molecular weight is 439 g/mol. The first-order valence-electron chi connectivity index (χ1n) is 10.5. The van der Waals surface area contributed by atoms with Crippen molar-refractivity contribution in [3.63, 3.8) is 0 Å². The molecule has 3 aromatic carbocycles. The molecule has 1 unspecified atom stereocenters. The number of rotatable bonds is 8. The monoisotopic (exact) mass is 438 g/mol. The second kappa shape index (κ2) is 13.3. The predicted octanol–water partition coefficient (Wildman–Crippen LogP) is 4.79. The quantitative estimate of drug-likeness (QED) is 0.529. The Hall–Kier alpha value is -2.15. The second-order valence-electron chi connectivity index (χ2n) is 7.36. The summed E-state index contributed by atoms with van der Waals surface area (Å²) in [5.74, 6) is 0. The molecule has 1 aliphatic rings. The third-order valence-electron chi connectivity index (χ3n) is 4.89. The van der Waals surface area contributed by atoms with Crippen LogP contribution in [0.25, 0.3) is 0 Å². The molecule has 1 saturated heterocycles. The maximum atomic E-state index is 10.1. The minimum Gasteiger partial charge on any atom is -0.392 e. The summed E-state index contributed by atoms with van der Waals surface area (Å²) < 4.78 is 11.6. The topological polar surface area (TPSA) is 58.9 Å². The molecule has 2 N–H and O–H groups in total. The molecule has 1 fully saturated rings. The zero-order chi connectivity index (χ0) is 21.7. The number of ether oxygens (including phenoxy) is 2. The van der Waals surface area contributed by atoms with E-state index < -0.39 is 5.44 Å². The van der Waals surface area contributed by atoms with Gasteiger partial charge in [-0.05, 0) is 23.1 Å². The molecule has 0 aromatic heterocycles. The summed E-state index contributed by atoms with van der Waals surface area (Å²) in [6.45, 7) is 1.94. The van der Waals surface area contributed by atoms with Crippen molar-refractivity contribution in [2.45, 2.75) is 43.0 Å². The normalized spacial score (nSPS) is 20.1. The van der Waals surface area contributed by atoms with E-state index in [0.717, 1.165) is 17.5 Å². The van der Waals surface area contributed by atoms with E-state index in [0.29, 0.717) is 19.8 Å². The summed E-state index contributed by atoms with van der Waals surface area (Å²) in [6.07, 6.45) is 0.707. The van der Waals surface area contributed by atoms with E-state index in [9.17, 15) is 5.11 Å². The molecule has 4 rings (SSSR count). The first-order chi connectivity index (χ1) is 15.2. The lowest BCUT2D eigenvalue weighted by atomic mass is 10.2. The summed E-state index contributed by atoms with van der Waals surface area (Å²) in [5, 5.41) is 19.0.